The highest BCUT2D eigenvalue weighted by molar-refractivity contribution is 5.85. The van der Waals surface area contributed by atoms with Gasteiger partial charge in [0.2, 0.25) is 0 Å². The first-order valence-corrected chi connectivity index (χ1v) is 7.68. The Kier molecular flexibility index (Phi) is 4.45. The molecule has 0 spiro atoms. The van der Waals surface area contributed by atoms with Gasteiger partial charge < -0.3 is 15.0 Å². The van der Waals surface area contributed by atoms with E-state index in [1.165, 1.54) is 27.7 Å². The fourth-order valence-corrected chi connectivity index (χ4v) is 2.70. The van der Waals surface area contributed by atoms with Crippen molar-refractivity contribution in [3.8, 4) is 0 Å². The lowest BCUT2D eigenvalue weighted by Gasteiger charge is -2.23. The Hall–Kier alpha value is -1.32. The Morgan fingerprint density at radius 3 is 2.48 bits per heavy atom. The zero-order chi connectivity index (χ0) is 15.8. The standard InChI is InChI=1S/C18H28N2O/c1-12-7-8-17-16(9-12)13(2)14(3)20(17)11-15(21)10-19-18(4,5)6/h7-9,15,19,21H,10-11H2,1-6H3/t15-/m0/s1. The Labute approximate surface area is 128 Å². The lowest BCUT2D eigenvalue weighted by atomic mass is 10.1. The predicted molar refractivity (Wildman–Crippen MR) is 89.9 cm³/mol. The second-order valence-electron chi connectivity index (χ2n) is 7.13. The number of fused-ring (bicyclic) bond motifs is 1. The summed E-state index contributed by atoms with van der Waals surface area (Å²) in [6.07, 6.45) is -0.390. The summed E-state index contributed by atoms with van der Waals surface area (Å²) in [5.41, 5.74) is 5.07. The molecule has 2 rings (SSSR count). The number of aromatic nitrogens is 1. The van der Waals surface area contributed by atoms with Crippen LogP contribution in [0.3, 0.4) is 0 Å². The van der Waals surface area contributed by atoms with Crippen molar-refractivity contribution in [1.29, 1.82) is 0 Å². The zero-order valence-corrected chi connectivity index (χ0v) is 14.1. The number of benzene rings is 1. The monoisotopic (exact) mass is 288 g/mol. The Bertz CT molecular complexity index is 635. The SMILES string of the molecule is Cc1ccc2c(c1)c(C)c(C)n2C[C@@H](O)CNC(C)(C)C. The number of nitrogens with zero attached hydrogens (tertiary/aromatic N) is 1. The number of aliphatic hydroxyl groups is 1. The maximum absolute atomic E-state index is 10.3. The van der Waals surface area contributed by atoms with Gasteiger partial charge in [0, 0.05) is 28.7 Å². The third kappa shape index (κ3) is 3.66. The van der Waals surface area contributed by atoms with Crippen molar-refractivity contribution in [2.45, 2.75) is 59.7 Å². The average molecular weight is 288 g/mol. The number of nitrogens with one attached hydrogen (secondary N) is 1. The normalized spacial score (nSPS) is 13.9. The van der Waals surface area contributed by atoms with E-state index in [1.807, 2.05) is 0 Å². The first kappa shape index (κ1) is 16.1. The van der Waals surface area contributed by atoms with Crippen LogP contribution < -0.4 is 5.32 Å². The largest absolute Gasteiger partial charge is 0.390 e. The molecule has 0 radical (unpaired) electrons. The van der Waals surface area contributed by atoms with E-state index in [1.54, 1.807) is 0 Å². The number of hydrogen-bond acceptors (Lipinski definition) is 2. The molecule has 0 fully saturated rings. The van der Waals surface area contributed by atoms with E-state index in [0.29, 0.717) is 13.1 Å². The minimum absolute atomic E-state index is 0.0296. The number of aliphatic hydroxyl groups excluding tert-OH is 1. The van der Waals surface area contributed by atoms with Gasteiger partial charge in [0.25, 0.3) is 0 Å². The van der Waals surface area contributed by atoms with Crippen molar-refractivity contribution in [2.75, 3.05) is 6.54 Å². The molecule has 0 bridgehead atoms. The summed E-state index contributed by atoms with van der Waals surface area (Å²) in [5.74, 6) is 0. The summed E-state index contributed by atoms with van der Waals surface area (Å²) >= 11 is 0. The maximum atomic E-state index is 10.3. The molecule has 0 unspecified atom stereocenters. The molecular weight excluding hydrogens is 260 g/mol. The molecule has 3 nitrogen and oxygen atoms in total. The van der Waals surface area contributed by atoms with Crippen LogP contribution in [-0.4, -0.2) is 27.9 Å². The van der Waals surface area contributed by atoms with Gasteiger partial charge in [-0.1, -0.05) is 11.6 Å². The van der Waals surface area contributed by atoms with Crippen LogP contribution >= 0.6 is 0 Å². The van der Waals surface area contributed by atoms with E-state index < -0.39 is 0 Å². The summed E-state index contributed by atoms with van der Waals surface area (Å²) < 4.78 is 2.24. The van der Waals surface area contributed by atoms with Gasteiger partial charge in [-0.05, 0) is 59.2 Å². The summed E-state index contributed by atoms with van der Waals surface area (Å²) in [6, 6.07) is 6.53. The molecule has 0 aliphatic rings. The molecular formula is C18H28N2O. The van der Waals surface area contributed by atoms with E-state index >= 15 is 0 Å². The van der Waals surface area contributed by atoms with Crippen LogP contribution in [0.4, 0.5) is 0 Å². The van der Waals surface area contributed by atoms with Crippen molar-refractivity contribution in [3.05, 3.63) is 35.0 Å². The van der Waals surface area contributed by atoms with Crippen molar-refractivity contribution >= 4 is 10.9 Å². The summed E-state index contributed by atoms with van der Waals surface area (Å²) in [4.78, 5) is 0. The highest BCUT2D eigenvalue weighted by atomic mass is 16.3. The summed E-state index contributed by atoms with van der Waals surface area (Å²) in [6.45, 7) is 14.0. The minimum atomic E-state index is -0.390. The minimum Gasteiger partial charge on any atom is -0.390 e. The first-order valence-electron chi connectivity index (χ1n) is 7.68. The Morgan fingerprint density at radius 2 is 1.86 bits per heavy atom. The smallest absolute Gasteiger partial charge is 0.0843 e. The van der Waals surface area contributed by atoms with Gasteiger partial charge in [-0.25, -0.2) is 0 Å². The third-order valence-corrected chi connectivity index (χ3v) is 4.06. The highest BCUT2D eigenvalue weighted by Crippen LogP contribution is 2.26. The van der Waals surface area contributed by atoms with Gasteiger partial charge in [-0.3, -0.25) is 0 Å². The Balaban J connectivity index is 2.24. The van der Waals surface area contributed by atoms with Crippen molar-refractivity contribution in [2.24, 2.45) is 0 Å². The van der Waals surface area contributed by atoms with Crippen LogP contribution in [0.1, 0.15) is 37.6 Å². The van der Waals surface area contributed by atoms with Gasteiger partial charge >= 0.3 is 0 Å². The van der Waals surface area contributed by atoms with Gasteiger partial charge in [-0.2, -0.15) is 0 Å². The molecule has 3 heteroatoms. The number of rotatable bonds is 4. The second kappa shape index (κ2) is 5.82. The molecule has 1 aromatic carbocycles. The van der Waals surface area contributed by atoms with Crippen LogP contribution in [0.2, 0.25) is 0 Å². The van der Waals surface area contributed by atoms with E-state index in [-0.39, 0.29) is 11.6 Å². The van der Waals surface area contributed by atoms with Crippen LogP contribution in [0.5, 0.6) is 0 Å². The first-order chi connectivity index (χ1) is 9.69. The van der Waals surface area contributed by atoms with E-state index in [9.17, 15) is 5.11 Å². The highest BCUT2D eigenvalue weighted by Gasteiger charge is 2.16. The fraction of sp³-hybridized carbons (Fsp3) is 0.556. The maximum Gasteiger partial charge on any atom is 0.0843 e. The zero-order valence-electron chi connectivity index (χ0n) is 14.1. The second-order valence-corrected chi connectivity index (χ2v) is 7.13. The van der Waals surface area contributed by atoms with Crippen LogP contribution in [0.15, 0.2) is 18.2 Å². The molecule has 2 N–H and O–H groups in total. The molecule has 1 atom stereocenters. The topological polar surface area (TPSA) is 37.2 Å². The van der Waals surface area contributed by atoms with Gasteiger partial charge in [0.05, 0.1) is 12.6 Å². The molecule has 2 aromatic rings. The molecule has 21 heavy (non-hydrogen) atoms. The van der Waals surface area contributed by atoms with E-state index in [4.69, 9.17) is 0 Å². The van der Waals surface area contributed by atoms with E-state index in [0.717, 1.165) is 0 Å². The van der Waals surface area contributed by atoms with Crippen molar-refractivity contribution in [3.63, 3.8) is 0 Å². The molecule has 1 aromatic heterocycles. The van der Waals surface area contributed by atoms with Crippen LogP contribution in [0, 0.1) is 20.8 Å². The van der Waals surface area contributed by atoms with Crippen molar-refractivity contribution < 1.29 is 5.11 Å². The van der Waals surface area contributed by atoms with Gasteiger partial charge in [0.1, 0.15) is 0 Å². The summed E-state index contributed by atoms with van der Waals surface area (Å²) in [7, 11) is 0. The van der Waals surface area contributed by atoms with Gasteiger partial charge in [0.15, 0.2) is 0 Å². The van der Waals surface area contributed by atoms with E-state index in [2.05, 4.69) is 69.6 Å². The molecule has 116 valence electrons. The molecule has 0 saturated carbocycles. The number of aryl methyl sites for hydroxylation is 2. The lowest BCUT2D eigenvalue weighted by Crippen LogP contribution is -2.42. The van der Waals surface area contributed by atoms with Crippen LogP contribution in [0.25, 0.3) is 10.9 Å². The third-order valence-electron chi connectivity index (χ3n) is 4.06. The quantitative estimate of drug-likeness (QED) is 0.905. The lowest BCUT2D eigenvalue weighted by molar-refractivity contribution is 0.142. The van der Waals surface area contributed by atoms with Crippen molar-refractivity contribution in [1.82, 2.24) is 9.88 Å². The molecule has 0 amide bonds. The average Bonchev–Trinajstić information content (AvgIpc) is 2.61. The summed E-state index contributed by atoms with van der Waals surface area (Å²) in [5, 5.41) is 15.0. The van der Waals surface area contributed by atoms with Crippen LogP contribution in [-0.2, 0) is 6.54 Å². The number of β-amino-alcohol motifs (C(OH)–C–C–N with tert-alkyl or cyclic N) is 1. The molecule has 1 heterocycles. The van der Waals surface area contributed by atoms with Gasteiger partial charge in [-0.15, -0.1) is 0 Å². The Morgan fingerprint density at radius 1 is 1.19 bits per heavy atom. The number of hydrogen-bond donors (Lipinski definition) is 2. The molecule has 0 aliphatic carbocycles. The fourth-order valence-electron chi connectivity index (χ4n) is 2.70. The predicted octanol–water partition coefficient (Wildman–Crippen LogP) is 3.32. The molecule has 0 saturated heterocycles. The molecule has 0 aliphatic heterocycles.